The molecule has 2 aliphatic heterocycles. The molecule has 2 fully saturated rings. The number of nitrogens with one attached hydrogen (secondary N) is 1. The highest BCUT2D eigenvalue weighted by molar-refractivity contribution is 6.06. The zero-order chi connectivity index (χ0) is 14.9. The fourth-order valence-corrected chi connectivity index (χ4v) is 2.75. The smallest absolute Gasteiger partial charge is 0.338 e. The van der Waals surface area contributed by atoms with E-state index in [2.05, 4.69) is 18.2 Å². The first-order valence-corrected chi connectivity index (χ1v) is 6.38. The Balaban J connectivity index is 2.17. The molecule has 0 bridgehead atoms. The van der Waals surface area contributed by atoms with E-state index in [0.717, 1.165) is 0 Å². The van der Waals surface area contributed by atoms with Crippen LogP contribution < -0.4 is 16.5 Å². The molecule has 2 unspecified atom stereocenters. The molecular formula is C13H19N4O3+. The second-order valence-corrected chi connectivity index (χ2v) is 4.80. The Kier molecular flexibility index (Phi) is 3.89. The van der Waals surface area contributed by atoms with Crippen LogP contribution in [0.25, 0.3) is 0 Å². The van der Waals surface area contributed by atoms with Crippen molar-refractivity contribution in [2.24, 2.45) is 23.3 Å². The number of guanidine groups is 1. The number of amides is 2. The van der Waals surface area contributed by atoms with Crippen molar-refractivity contribution in [2.45, 2.75) is 12.2 Å². The van der Waals surface area contributed by atoms with Crippen molar-refractivity contribution in [3.8, 4) is 0 Å². The van der Waals surface area contributed by atoms with Gasteiger partial charge in [-0.05, 0) is 0 Å². The first-order chi connectivity index (χ1) is 9.51. The largest absolute Gasteiger partial charge is 0.365 e. The van der Waals surface area contributed by atoms with Gasteiger partial charge >= 0.3 is 5.96 Å². The van der Waals surface area contributed by atoms with Crippen molar-refractivity contribution in [1.29, 1.82) is 0 Å². The maximum Gasteiger partial charge on any atom is 0.338 e. The quantitative estimate of drug-likeness (QED) is 0.216. The van der Waals surface area contributed by atoms with Gasteiger partial charge in [-0.25, -0.2) is 0 Å². The molecule has 4 atom stereocenters. The van der Waals surface area contributed by atoms with Gasteiger partial charge in [0.05, 0.1) is 37.1 Å². The van der Waals surface area contributed by atoms with Crippen LogP contribution in [0, 0.1) is 11.8 Å². The van der Waals surface area contributed by atoms with Gasteiger partial charge < -0.3 is 4.74 Å². The van der Waals surface area contributed by atoms with Crippen molar-refractivity contribution in [3.63, 3.8) is 0 Å². The van der Waals surface area contributed by atoms with Crippen molar-refractivity contribution < 1.29 is 19.3 Å². The first-order valence-electron chi connectivity index (χ1n) is 6.38. The third-order valence-corrected chi connectivity index (χ3v) is 3.64. The average Bonchev–Trinajstić information content (AvgIpc) is 2.90. The fraction of sp³-hybridized carbons (Fsp3) is 0.462. The minimum atomic E-state index is -0.512. The van der Waals surface area contributed by atoms with Gasteiger partial charge in [-0.2, -0.15) is 0 Å². The third kappa shape index (κ3) is 2.20. The molecule has 2 amide bonds. The number of imide groups is 1. The number of rotatable bonds is 5. The number of carbonyl (C=O) groups excluding carboxylic acids is 2. The van der Waals surface area contributed by atoms with Crippen molar-refractivity contribution in [2.75, 3.05) is 13.1 Å². The van der Waals surface area contributed by atoms with E-state index in [9.17, 15) is 9.59 Å². The first kappa shape index (κ1) is 14.3. The molecule has 108 valence electrons. The molecular weight excluding hydrogens is 260 g/mol. The number of nitrogens with two attached hydrogens (primary N) is 2. The highest BCUT2D eigenvalue weighted by Crippen LogP contribution is 2.41. The van der Waals surface area contributed by atoms with Crippen LogP contribution in [0.3, 0.4) is 0 Å². The van der Waals surface area contributed by atoms with Gasteiger partial charge in [0.1, 0.15) is 0 Å². The summed E-state index contributed by atoms with van der Waals surface area (Å²) >= 11 is 0. The Hall–Kier alpha value is -2.15. The van der Waals surface area contributed by atoms with Crippen LogP contribution >= 0.6 is 0 Å². The summed E-state index contributed by atoms with van der Waals surface area (Å²) in [4.78, 5) is 28.6. The summed E-state index contributed by atoms with van der Waals surface area (Å²) < 4.78 is 5.59. The van der Waals surface area contributed by atoms with E-state index >= 15 is 0 Å². The summed E-state index contributed by atoms with van der Waals surface area (Å²) in [5.74, 6) is -1.46. The maximum atomic E-state index is 12.3. The molecule has 0 spiro atoms. The molecule has 2 aliphatic rings. The Morgan fingerprint density at radius 2 is 1.70 bits per heavy atom. The summed E-state index contributed by atoms with van der Waals surface area (Å²) in [5, 5.41) is 0. The Morgan fingerprint density at radius 3 is 2.10 bits per heavy atom. The van der Waals surface area contributed by atoms with Gasteiger partial charge in [-0.3, -0.25) is 30.9 Å². The number of likely N-dealkylation sites (tertiary alicyclic amines) is 1. The number of nitrogens with zero attached hydrogens (tertiary/aromatic N) is 1. The molecule has 20 heavy (non-hydrogen) atoms. The van der Waals surface area contributed by atoms with Crippen molar-refractivity contribution >= 4 is 17.8 Å². The monoisotopic (exact) mass is 279 g/mol. The number of ether oxygens (including phenoxy) is 1. The van der Waals surface area contributed by atoms with Gasteiger partial charge in [0.15, 0.2) is 0 Å². The van der Waals surface area contributed by atoms with Crippen LogP contribution in [0.2, 0.25) is 0 Å². The molecule has 0 radical (unpaired) electrons. The Morgan fingerprint density at radius 1 is 1.20 bits per heavy atom. The van der Waals surface area contributed by atoms with Gasteiger partial charge in [0.2, 0.25) is 11.8 Å². The minimum Gasteiger partial charge on any atom is -0.365 e. The van der Waals surface area contributed by atoms with Gasteiger partial charge in [-0.1, -0.05) is 12.2 Å². The Labute approximate surface area is 116 Å². The highest BCUT2D eigenvalue weighted by atomic mass is 16.5. The molecule has 2 heterocycles. The topological polar surface area (TPSA) is 113 Å². The molecule has 2 rings (SSSR count). The van der Waals surface area contributed by atoms with E-state index in [4.69, 9.17) is 16.2 Å². The third-order valence-electron chi connectivity index (χ3n) is 3.64. The standard InChI is InChI=1S/C13H18N4O3/c1-3-7-9-10(8(4-2)20-7)12(19)17(11(9)18)6-5-16-13(14)15/h3-4,7-10H,1-2,5-6H2,(H4,14,15,16)/p+1/t7-,8+,9?,10?. The summed E-state index contributed by atoms with van der Waals surface area (Å²) in [5.41, 5.74) is 10.5. The lowest BCUT2D eigenvalue weighted by molar-refractivity contribution is -0.458. The minimum absolute atomic E-state index is 0.0561. The molecule has 0 saturated carbocycles. The Bertz CT molecular complexity index is 452. The van der Waals surface area contributed by atoms with Gasteiger partial charge in [0.25, 0.3) is 0 Å². The predicted molar refractivity (Wildman–Crippen MR) is 72.0 cm³/mol. The van der Waals surface area contributed by atoms with Crippen LogP contribution in [-0.2, 0) is 14.3 Å². The molecule has 7 heteroatoms. The molecule has 0 aromatic carbocycles. The zero-order valence-corrected chi connectivity index (χ0v) is 11.1. The molecule has 0 aromatic heterocycles. The van der Waals surface area contributed by atoms with E-state index in [1.165, 1.54) is 4.90 Å². The summed E-state index contributed by atoms with van der Waals surface area (Å²) in [7, 11) is 0. The number of hydrogen-bond acceptors (Lipinski definition) is 3. The van der Waals surface area contributed by atoms with Crippen molar-refractivity contribution in [1.82, 2.24) is 4.90 Å². The van der Waals surface area contributed by atoms with E-state index < -0.39 is 24.0 Å². The van der Waals surface area contributed by atoms with E-state index in [1.807, 2.05) is 0 Å². The lowest BCUT2D eigenvalue weighted by Gasteiger charge is -2.18. The van der Waals surface area contributed by atoms with E-state index in [0.29, 0.717) is 6.54 Å². The van der Waals surface area contributed by atoms with Crippen LogP contribution in [0.15, 0.2) is 25.3 Å². The lowest BCUT2D eigenvalue weighted by atomic mass is 9.89. The molecule has 0 aliphatic carbocycles. The summed E-state index contributed by atoms with van der Waals surface area (Å²) in [6, 6.07) is 0. The average molecular weight is 279 g/mol. The second-order valence-electron chi connectivity index (χ2n) is 4.80. The SMILES string of the molecule is C=C[C@@H]1O[C@H](C=C)C2C(=O)N(CC[NH+]=C(N)N)C(=O)C21. The number of fused-ring (bicyclic) bond motifs is 1. The van der Waals surface area contributed by atoms with Gasteiger partial charge in [0, 0.05) is 0 Å². The van der Waals surface area contributed by atoms with Crippen LogP contribution in [0.1, 0.15) is 0 Å². The van der Waals surface area contributed by atoms with E-state index in [1.54, 1.807) is 12.2 Å². The molecule has 5 N–H and O–H groups in total. The van der Waals surface area contributed by atoms with Crippen LogP contribution in [0.5, 0.6) is 0 Å². The van der Waals surface area contributed by atoms with Gasteiger partial charge in [-0.15, -0.1) is 13.2 Å². The lowest BCUT2D eigenvalue weighted by Crippen LogP contribution is -2.79. The second kappa shape index (κ2) is 5.46. The van der Waals surface area contributed by atoms with Crippen LogP contribution in [-0.4, -0.2) is 48.0 Å². The predicted octanol–water partition coefficient (Wildman–Crippen LogP) is -2.92. The van der Waals surface area contributed by atoms with Crippen molar-refractivity contribution in [3.05, 3.63) is 25.3 Å². The highest BCUT2D eigenvalue weighted by Gasteiger charge is 2.58. The summed E-state index contributed by atoms with van der Waals surface area (Å²) in [6.07, 6.45) is 2.20. The number of hydrogen-bond donors (Lipinski definition) is 3. The number of carbonyl (C=O) groups is 2. The molecule has 7 nitrogen and oxygen atoms in total. The maximum absolute atomic E-state index is 12.3. The zero-order valence-electron chi connectivity index (χ0n) is 11.1. The summed E-state index contributed by atoms with van der Waals surface area (Å²) in [6.45, 7) is 7.84. The molecule has 0 aromatic rings. The van der Waals surface area contributed by atoms with Crippen LogP contribution in [0.4, 0.5) is 0 Å². The fourth-order valence-electron chi connectivity index (χ4n) is 2.75. The normalized spacial score (nSPS) is 32.1. The van der Waals surface area contributed by atoms with E-state index in [-0.39, 0.29) is 24.3 Å². The molecule has 2 saturated heterocycles.